The Labute approximate surface area is 200 Å². The van der Waals surface area contributed by atoms with Gasteiger partial charge < -0.3 is 4.90 Å². The molecule has 1 amide bonds. The summed E-state index contributed by atoms with van der Waals surface area (Å²) in [7, 11) is -3.17. The number of benzene rings is 1. The Morgan fingerprint density at radius 3 is 2.50 bits per heavy atom. The van der Waals surface area contributed by atoms with Crippen molar-refractivity contribution in [3.8, 4) is 0 Å². The lowest BCUT2D eigenvalue weighted by atomic mass is 9.86. The summed E-state index contributed by atoms with van der Waals surface area (Å²) in [5, 5.41) is 0.665. The quantitative estimate of drug-likeness (QED) is 0.407. The molecule has 1 saturated heterocycles. The van der Waals surface area contributed by atoms with Gasteiger partial charge in [0.25, 0.3) is 5.91 Å². The highest BCUT2D eigenvalue weighted by Gasteiger charge is 2.36. The molecule has 0 radical (unpaired) electrons. The number of carbonyl (C=O) groups is 1. The summed E-state index contributed by atoms with van der Waals surface area (Å²) in [6, 6.07) is 7.69. The molecule has 3 rings (SSSR count). The van der Waals surface area contributed by atoms with E-state index in [4.69, 9.17) is 11.6 Å². The molecule has 9 heteroatoms. The topological polar surface area (TPSA) is 80.2 Å². The Morgan fingerprint density at radius 1 is 1.25 bits per heavy atom. The van der Waals surface area contributed by atoms with Gasteiger partial charge in [-0.2, -0.15) is 0 Å². The van der Waals surface area contributed by atoms with Gasteiger partial charge in [0.05, 0.1) is 22.7 Å². The average Bonchev–Trinajstić information content (AvgIpc) is 3.10. The summed E-state index contributed by atoms with van der Waals surface area (Å²) >= 11 is 7.77. The lowest BCUT2D eigenvalue weighted by molar-refractivity contribution is 0.0674. The molecule has 1 aromatic heterocycles. The van der Waals surface area contributed by atoms with Crippen molar-refractivity contribution >= 4 is 39.1 Å². The van der Waals surface area contributed by atoms with Crippen LogP contribution in [0.15, 0.2) is 35.6 Å². The highest BCUT2D eigenvalue weighted by Crippen LogP contribution is 2.27. The van der Waals surface area contributed by atoms with E-state index in [1.54, 1.807) is 4.90 Å². The molecule has 0 bridgehead atoms. The van der Waals surface area contributed by atoms with Crippen molar-refractivity contribution in [3.05, 3.63) is 52.3 Å². The van der Waals surface area contributed by atoms with Gasteiger partial charge in [-0.25, -0.2) is 18.4 Å². The van der Waals surface area contributed by atoms with Crippen LogP contribution < -0.4 is 0 Å². The number of hydrogen-bond acceptors (Lipinski definition) is 6. The third-order valence-corrected chi connectivity index (χ3v) is 8.54. The Balaban J connectivity index is 1.92. The minimum atomic E-state index is -3.17. The van der Waals surface area contributed by atoms with Gasteiger partial charge in [-0.1, -0.05) is 75.3 Å². The zero-order valence-electron chi connectivity index (χ0n) is 19.0. The third kappa shape index (κ3) is 6.23. The molecule has 6 nitrogen and oxygen atoms in total. The van der Waals surface area contributed by atoms with E-state index in [1.165, 1.54) is 23.5 Å². The van der Waals surface area contributed by atoms with Gasteiger partial charge >= 0.3 is 0 Å². The number of sulfone groups is 1. The maximum Gasteiger partial charge on any atom is 0.274 e. The third-order valence-electron chi connectivity index (χ3n) is 5.44. The van der Waals surface area contributed by atoms with Crippen molar-refractivity contribution in [2.45, 2.75) is 63.7 Å². The van der Waals surface area contributed by atoms with Crippen molar-refractivity contribution in [1.82, 2.24) is 14.9 Å². The minimum Gasteiger partial charge on any atom is -0.329 e. The molecular formula is C23H30ClN3O3S2. The monoisotopic (exact) mass is 495 g/mol. The molecule has 32 heavy (non-hydrogen) atoms. The average molecular weight is 496 g/mol. The number of nitrogens with zero attached hydrogens (tertiary/aromatic N) is 3. The maximum absolute atomic E-state index is 13.6. The molecular weight excluding hydrogens is 466 g/mol. The summed E-state index contributed by atoms with van der Waals surface area (Å²) in [5.41, 5.74) is 2.27. The van der Waals surface area contributed by atoms with E-state index in [-0.39, 0.29) is 33.5 Å². The summed E-state index contributed by atoms with van der Waals surface area (Å²) in [4.78, 5) is 23.8. The van der Waals surface area contributed by atoms with Crippen LogP contribution in [0.1, 0.15) is 62.2 Å². The van der Waals surface area contributed by atoms with E-state index in [9.17, 15) is 13.2 Å². The largest absolute Gasteiger partial charge is 0.329 e. The predicted molar refractivity (Wildman–Crippen MR) is 130 cm³/mol. The summed E-state index contributed by atoms with van der Waals surface area (Å²) in [6.45, 7) is 8.79. The smallest absolute Gasteiger partial charge is 0.274 e. The zero-order valence-corrected chi connectivity index (χ0v) is 21.4. The van der Waals surface area contributed by atoms with E-state index in [1.807, 2.05) is 12.1 Å². The van der Waals surface area contributed by atoms with Gasteiger partial charge in [0.2, 0.25) is 0 Å². The van der Waals surface area contributed by atoms with Crippen LogP contribution >= 0.6 is 23.4 Å². The van der Waals surface area contributed by atoms with Crippen molar-refractivity contribution in [1.29, 1.82) is 0 Å². The van der Waals surface area contributed by atoms with Gasteiger partial charge in [0.1, 0.15) is 0 Å². The standard InChI is InChI=1S/C23H30ClN3O3S2/c1-5-11-31-22-25-13-19(24)20(26-22)21(28)27(18-10-12-32(29,30)15-18)14-16-6-8-17(9-7-16)23(2,3)4/h6-9,13,18H,5,10-12,14-15H2,1-4H3/t18-/m0/s1. The van der Waals surface area contributed by atoms with Gasteiger partial charge in [-0.05, 0) is 29.4 Å². The molecule has 2 heterocycles. The minimum absolute atomic E-state index is 0.0224. The number of rotatable bonds is 7. The van der Waals surface area contributed by atoms with E-state index in [2.05, 4.69) is 49.8 Å². The first-order chi connectivity index (χ1) is 15.0. The molecule has 174 valence electrons. The number of amides is 1. The van der Waals surface area contributed by atoms with Gasteiger partial charge in [-0.15, -0.1) is 0 Å². The van der Waals surface area contributed by atoms with Crippen molar-refractivity contribution in [2.24, 2.45) is 0 Å². The molecule has 1 atom stereocenters. The molecule has 1 aliphatic heterocycles. The van der Waals surface area contributed by atoms with Crippen LogP contribution in [0, 0.1) is 0 Å². The number of hydrogen-bond donors (Lipinski definition) is 0. The van der Waals surface area contributed by atoms with Crippen molar-refractivity contribution < 1.29 is 13.2 Å². The van der Waals surface area contributed by atoms with Gasteiger partial charge in [0.15, 0.2) is 20.7 Å². The van der Waals surface area contributed by atoms with Crippen LogP contribution in [0.25, 0.3) is 0 Å². The first kappa shape index (κ1) is 25.0. The van der Waals surface area contributed by atoms with E-state index in [0.717, 1.165) is 17.7 Å². The molecule has 1 fully saturated rings. The predicted octanol–water partition coefficient (Wildman–Crippen LogP) is 4.76. The van der Waals surface area contributed by atoms with Crippen LogP contribution in [-0.2, 0) is 21.8 Å². The van der Waals surface area contributed by atoms with Crippen molar-refractivity contribution in [2.75, 3.05) is 17.3 Å². The fourth-order valence-electron chi connectivity index (χ4n) is 3.59. The first-order valence-corrected chi connectivity index (χ1v) is 13.9. The Morgan fingerprint density at radius 2 is 1.94 bits per heavy atom. The second-order valence-electron chi connectivity index (χ2n) is 9.13. The highest BCUT2D eigenvalue weighted by atomic mass is 35.5. The second kappa shape index (κ2) is 10.1. The van der Waals surface area contributed by atoms with Crippen LogP contribution in [0.4, 0.5) is 0 Å². The van der Waals surface area contributed by atoms with E-state index < -0.39 is 15.9 Å². The number of halogens is 1. The van der Waals surface area contributed by atoms with Crippen LogP contribution in [0.3, 0.4) is 0 Å². The Hall–Kier alpha value is -1.64. The van der Waals surface area contributed by atoms with E-state index in [0.29, 0.717) is 18.1 Å². The van der Waals surface area contributed by atoms with Crippen LogP contribution in [-0.4, -0.2) is 52.5 Å². The summed E-state index contributed by atoms with van der Waals surface area (Å²) in [5.74, 6) is 0.510. The molecule has 0 aliphatic carbocycles. The SMILES string of the molecule is CCCSc1ncc(Cl)c(C(=O)N(Cc2ccc(C(C)(C)C)cc2)[C@H]2CCS(=O)(=O)C2)n1. The number of thioether (sulfide) groups is 1. The van der Waals surface area contributed by atoms with Crippen molar-refractivity contribution in [3.63, 3.8) is 0 Å². The lowest BCUT2D eigenvalue weighted by Crippen LogP contribution is -2.41. The molecule has 1 aromatic carbocycles. The molecule has 0 spiro atoms. The normalized spacial score (nSPS) is 18.0. The molecule has 0 unspecified atom stereocenters. The summed E-state index contributed by atoms with van der Waals surface area (Å²) in [6.07, 6.45) is 2.81. The van der Waals surface area contributed by atoms with Gasteiger partial charge in [0, 0.05) is 18.3 Å². The van der Waals surface area contributed by atoms with Crippen LogP contribution in [0.2, 0.25) is 5.02 Å². The second-order valence-corrected chi connectivity index (χ2v) is 12.8. The van der Waals surface area contributed by atoms with E-state index >= 15 is 0 Å². The summed E-state index contributed by atoms with van der Waals surface area (Å²) < 4.78 is 24.3. The fourth-order valence-corrected chi connectivity index (χ4v) is 6.17. The maximum atomic E-state index is 13.6. The lowest BCUT2D eigenvalue weighted by Gasteiger charge is -2.29. The first-order valence-electron chi connectivity index (χ1n) is 10.8. The molecule has 2 aromatic rings. The fraction of sp³-hybridized carbons (Fsp3) is 0.522. The Kier molecular flexibility index (Phi) is 7.89. The molecule has 1 aliphatic rings. The zero-order chi connectivity index (χ0) is 23.5. The molecule has 0 N–H and O–H groups in total. The molecule has 0 saturated carbocycles. The van der Waals surface area contributed by atoms with Gasteiger partial charge in [-0.3, -0.25) is 4.79 Å². The Bertz CT molecular complexity index is 1070. The highest BCUT2D eigenvalue weighted by molar-refractivity contribution is 7.99. The number of carbonyl (C=O) groups excluding carboxylic acids is 1. The van der Waals surface area contributed by atoms with Crippen LogP contribution in [0.5, 0.6) is 0 Å². The number of aromatic nitrogens is 2.